The molecule has 1 atom stereocenters. The molecule has 0 saturated heterocycles. The zero-order valence-corrected chi connectivity index (χ0v) is 11.3. The summed E-state index contributed by atoms with van der Waals surface area (Å²) in [5, 5.41) is 9.78. The summed E-state index contributed by atoms with van der Waals surface area (Å²) in [6, 6.07) is 7.56. The van der Waals surface area contributed by atoms with Gasteiger partial charge in [0.15, 0.2) is 0 Å². The summed E-state index contributed by atoms with van der Waals surface area (Å²) in [6.07, 6.45) is -0.566. The van der Waals surface area contributed by atoms with Crippen molar-refractivity contribution in [1.82, 2.24) is 0 Å². The van der Waals surface area contributed by atoms with E-state index in [9.17, 15) is 9.90 Å². The van der Waals surface area contributed by atoms with Crippen molar-refractivity contribution in [3.63, 3.8) is 0 Å². The van der Waals surface area contributed by atoms with E-state index in [2.05, 4.69) is 13.8 Å². The predicted octanol–water partition coefficient (Wildman–Crippen LogP) is 1.69. The number of anilines is 1. The number of hydrogen-bond donors (Lipinski definition) is 2. The highest BCUT2D eigenvalue weighted by Crippen LogP contribution is 2.26. The van der Waals surface area contributed by atoms with Crippen LogP contribution >= 0.6 is 0 Å². The van der Waals surface area contributed by atoms with E-state index in [-0.39, 0.29) is 12.5 Å². The molecule has 0 heterocycles. The zero-order valence-electron chi connectivity index (χ0n) is 11.3. The fourth-order valence-electron chi connectivity index (χ4n) is 2.01. The summed E-state index contributed by atoms with van der Waals surface area (Å²) in [4.78, 5) is 13.1. The third-order valence-corrected chi connectivity index (χ3v) is 2.66. The maximum atomic E-state index is 11.2. The highest BCUT2D eigenvalue weighted by atomic mass is 16.3. The number of para-hydroxylation sites is 1. The Morgan fingerprint density at radius 3 is 2.44 bits per heavy atom. The Hall–Kier alpha value is -1.55. The number of aliphatic hydroxyl groups is 1. The molecule has 0 spiro atoms. The van der Waals surface area contributed by atoms with Gasteiger partial charge in [0.05, 0.1) is 12.6 Å². The maximum Gasteiger partial charge on any atom is 0.236 e. The highest BCUT2D eigenvalue weighted by Gasteiger charge is 2.16. The van der Waals surface area contributed by atoms with E-state index < -0.39 is 6.10 Å². The Bertz CT molecular complexity index is 403. The molecular formula is C14H22N2O2. The smallest absolute Gasteiger partial charge is 0.236 e. The van der Waals surface area contributed by atoms with Crippen LogP contribution < -0.4 is 10.6 Å². The second-order valence-electron chi connectivity index (χ2n) is 4.98. The van der Waals surface area contributed by atoms with Gasteiger partial charge in [0.1, 0.15) is 0 Å². The number of nitrogens with two attached hydrogens (primary N) is 1. The number of benzene rings is 1. The summed E-state index contributed by atoms with van der Waals surface area (Å²) < 4.78 is 0. The van der Waals surface area contributed by atoms with E-state index in [1.165, 1.54) is 0 Å². The maximum absolute atomic E-state index is 11.2. The molecule has 1 amide bonds. The summed E-state index contributed by atoms with van der Waals surface area (Å²) in [6.45, 7) is 6.78. The molecule has 0 bridgehead atoms. The largest absolute Gasteiger partial charge is 0.389 e. The van der Waals surface area contributed by atoms with Crippen LogP contribution in [-0.2, 0) is 4.79 Å². The lowest BCUT2D eigenvalue weighted by atomic mass is 10.1. The van der Waals surface area contributed by atoms with Gasteiger partial charge < -0.3 is 15.7 Å². The summed E-state index contributed by atoms with van der Waals surface area (Å²) >= 11 is 0. The van der Waals surface area contributed by atoms with Gasteiger partial charge in [-0.15, -0.1) is 0 Å². The van der Waals surface area contributed by atoms with Crippen LogP contribution in [0.1, 0.15) is 32.4 Å². The number of amides is 1. The lowest BCUT2D eigenvalue weighted by molar-refractivity contribution is -0.116. The van der Waals surface area contributed by atoms with Crippen molar-refractivity contribution in [2.45, 2.75) is 26.9 Å². The molecule has 0 aliphatic carbocycles. The lowest BCUT2D eigenvalue weighted by Gasteiger charge is -2.28. The molecule has 0 saturated carbocycles. The molecule has 100 valence electrons. The van der Waals surface area contributed by atoms with E-state index in [1.54, 1.807) is 6.92 Å². The van der Waals surface area contributed by atoms with E-state index >= 15 is 0 Å². The van der Waals surface area contributed by atoms with Crippen molar-refractivity contribution in [1.29, 1.82) is 0 Å². The lowest BCUT2D eigenvalue weighted by Crippen LogP contribution is -2.37. The van der Waals surface area contributed by atoms with Gasteiger partial charge in [0.25, 0.3) is 0 Å². The monoisotopic (exact) mass is 250 g/mol. The Balaban J connectivity index is 3.07. The molecule has 1 aromatic carbocycles. The van der Waals surface area contributed by atoms with Crippen LogP contribution in [0.15, 0.2) is 24.3 Å². The Labute approximate surface area is 108 Å². The molecule has 3 N–H and O–H groups in total. The van der Waals surface area contributed by atoms with Crippen LogP contribution in [0.3, 0.4) is 0 Å². The average molecular weight is 250 g/mol. The first-order valence-corrected chi connectivity index (χ1v) is 6.22. The van der Waals surface area contributed by atoms with Crippen LogP contribution in [0.4, 0.5) is 5.69 Å². The van der Waals surface area contributed by atoms with E-state index in [1.807, 2.05) is 29.2 Å². The molecule has 0 aliphatic rings. The van der Waals surface area contributed by atoms with E-state index in [0.29, 0.717) is 5.92 Å². The van der Waals surface area contributed by atoms with Crippen LogP contribution in [-0.4, -0.2) is 24.1 Å². The molecule has 4 heteroatoms. The third kappa shape index (κ3) is 4.04. The molecular weight excluding hydrogens is 228 g/mol. The Kier molecular flexibility index (Phi) is 5.16. The second kappa shape index (κ2) is 6.40. The minimum atomic E-state index is -0.566. The minimum Gasteiger partial charge on any atom is -0.389 e. The molecule has 0 radical (unpaired) electrons. The third-order valence-electron chi connectivity index (χ3n) is 2.66. The van der Waals surface area contributed by atoms with Gasteiger partial charge in [0.2, 0.25) is 5.91 Å². The van der Waals surface area contributed by atoms with Gasteiger partial charge in [0, 0.05) is 17.8 Å². The van der Waals surface area contributed by atoms with Crippen molar-refractivity contribution in [3.8, 4) is 0 Å². The normalized spacial score (nSPS) is 12.5. The SMILES string of the molecule is CC(C)CN(CC(N)=O)c1ccccc1C(C)O. The van der Waals surface area contributed by atoms with Crippen LogP contribution in [0.5, 0.6) is 0 Å². The molecule has 1 rings (SSSR count). The number of aliphatic hydroxyl groups excluding tert-OH is 1. The number of carbonyl (C=O) groups is 1. The number of primary amides is 1. The summed E-state index contributed by atoms with van der Waals surface area (Å²) in [5.74, 6) is 0.0439. The van der Waals surface area contributed by atoms with Gasteiger partial charge in [-0.05, 0) is 18.9 Å². The average Bonchev–Trinajstić information content (AvgIpc) is 2.26. The zero-order chi connectivity index (χ0) is 13.7. The van der Waals surface area contributed by atoms with E-state index in [0.717, 1.165) is 17.8 Å². The summed E-state index contributed by atoms with van der Waals surface area (Å²) in [5.41, 5.74) is 6.98. The molecule has 0 aromatic heterocycles. The number of carbonyl (C=O) groups excluding carboxylic acids is 1. The standard InChI is InChI=1S/C14H22N2O2/c1-10(2)8-16(9-14(15)18)13-7-5-4-6-12(13)11(3)17/h4-7,10-11,17H,8-9H2,1-3H3,(H2,15,18). The number of rotatable bonds is 6. The first kappa shape index (κ1) is 14.5. The number of nitrogens with zero attached hydrogens (tertiary/aromatic N) is 1. The molecule has 1 aromatic rings. The van der Waals surface area contributed by atoms with Crippen molar-refractivity contribution in [2.24, 2.45) is 11.7 Å². The molecule has 0 fully saturated rings. The fraction of sp³-hybridized carbons (Fsp3) is 0.500. The predicted molar refractivity (Wildman–Crippen MR) is 73.3 cm³/mol. The fourth-order valence-corrected chi connectivity index (χ4v) is 2.01. The van der Waals surface area contributed by atoms with Crippen molar-refractivity contribution >= 4 is 11.6 Å². The van der Waals surface area contributed by atoms with E-state index in [4.69, 9.17) is 5.73 Å². The second-order valence-corrected chi connectivity index (χ2v) is 4.98. The van der Waals surface area contributed by atoms with Crippen LogP contribution in [0, 0.1) is 5.92 Å². The number of hydrogen-bond acceptors (Lipinski definition) is 3. The molecule has 0 aliphatic heterocycles. The highest BCUT2D eigenvalue weighted by molar-refractivity contribution is 5.80. The van der Waals surface area contributed by atoms with Gasteiger partial charge in [-0.2, -0.15) is 0 Å². The Morgan fingerprint density at radius 1 is 1.33 bits per heavy atom. The van der Waals surface area contributed by atoms with Crippen LogP contribution in [0.2, 0.25) is 0 Å². The van der Waals surface area contributed by atoms with Crippen LogP contribution in [0.25, 0.3) is 0 Å². The quantitative estimate of drug-likeness (QED) is 0.807. The Morgan fingerprint density at radius 2 is 1.94 bits per heavy atom. The molecule has 18 heavy (non-hydrogen) atoms. The van der Waals surface area contributed by atoms with Crippen molar-refractivity contribution in [2.75, 3.05) is 18.0 Å². The van der Waals surface area contributed by atoms with Gasteiger partial charge >= 0.3 is 0 Å². The van der Waals surface area contributed by atoms with Gasteiger partial charge in [-0.1, -0.05) is 32.0 Å². The molecule has 1 unspecified atom stereocenters. The first-order valence-electron chi connectivity index (χ1n) is 6.22. The van der Waals surface area contributed by atoms with Gasteiger partial charge in [-0.25, -0.2) is 0 Å². The minimum absolute atomic E-state index is 0.169. The summed E-state index contributed by atoms with van der Waals surface area (Å²) in [7, 11) is 0. The topological polar surface area (TPSA) is 66.6 Å². The van der Waals surface area contributed by atoms with Crippen molar-refractivity contribution < 1.29 is 9.90 Å². The molecule has 4 nitrogen and oxygen atoms in total. The van der Waals surface area contributed by atoms with Gasteiger partial charge in [-0.3, -0.25) is 4.79 Å². The van der Waals surface area contributed by atoms with Crippen molar-refractivity contribution in [3.05, 3.63) is 29.8 Å². The first-order chi connectivity index (χ1) is 8.41.